The van der Waals surface area contributed by atoms with E-state index in [0.717, 1.165) is 5.56 Å². The number of hydrogen-bond acceptors (Lipinski definition) is 8. The van der Waals surface area contributed by atoms with Crippen LogP contribution in [-0.4, -0.2) is 21.3 Å². The quantitative estimate of drug-likeness (QED) is 0.597. The van der Waals surface area contributed by atoms with Crippen molar-refractivity contribution < 1.29 is 4.52 Å². The Hall–Kier alpha value is -3.73. The fourth-order valence-electron chi connectivity index (χ4n) is 2.06. The zero-order chi connectivity index (χ0) is 16.8. The summed E-state index contributed by atoms with van der Waals surface area (Å²) in [4.78, 5) is 8.49. The first-order valence-electron chi connectivity index (χ1n) is 7.06. The lowest BCUT2D eigenvalue weighted by Gasteiger charge is -2.11. The highest BCUT2D eigenvalue weighted by atomic mass is 16.5. The summed E-state index contributed by atoms with van der Waals surface area (Å²) in [5.41, 5.74) is 2.61. The number of nitrogens with zero attached hydrogens (tertiary/aromatic N) is 4. The Morgan fingerprint density at radius 3 is 2.92 bits per heavy atom. The first kappa shape index (κ1) is 15.2. The van der Waals surface area contributed by atoms with E-state index in [1.807, 2.05) is 18.2 Å². The molecule has 118 valence electrons. The molecule has 8 nitrogen and oxygen atoms in total. The SMILES string of the molecule is N#Cc1ccccc1CNc1nc(Nc2cnoc2)ncc1C=N. The lowest BCUT2D eigenvalue weighted by Crippen LogP contribution is -2.08. The van der Waals surface area contributed by atoms with Crippen molar-refractivity contribution in [3.05, 3.63) is 59.6 Å². The summed E-state index contributed by atoms with van der Waals surface area (Å²) in [6.45, 7) is 0.411. The number of hydrogen-bond donors (Lipinski definition) is 3. The second-order valence-corrected chi connectivity index (χ2v) is 4.80. The molecule has 1 aromatic carbocycles. The molecular weight excluding hydrogens is 306 g/mol. The number of nitrogens with one attached hydrogen (secondary N) is 3. The Bertz CT molecular complexity index is 884. The van der Waals surface area contributed by atoms with Gasteiger partial charge in [-0.05, 0) is 11.6 Å². The molecule has 0 saturated carbocycles. The maximum Gasteiger partial charge on any atom is 0.229 e. The van der Waals surface area contributed by atoms with Gasteiger partial charge in [0.15, 0.2) is 0 Å². The van der Waals surface area contributed by atoms with Crippen LogP contribution in [0.4, 0.5) is 17.5 Å². The summed E-state index contributed by atoms with van der Waals surface area (Å²) in [5, 5.41) is 26.3. The lowest BCUT2D eigenvalue weighted by molar-refractivity contribution is 0.420. The molecule has 0 unspecified atom stereocenters. The molecule has 0 amide bonds. The Morgan fingerprint density at radius 1 is 1.29 bits per heavy atom. The van der Waals surface area contributed by atoms with Gasteiger partial charge in [0, 0.05) is 19.0 Å². The third-order valence-corrected chi connectivity index (χ3v) is 3.25. The minimum atomic E-state index is 0.347. The van der Waals surface area contributed by atoms with E-state index in [2.05, 4.69) is 31.8 Å². The van der Waals surface area contributed by atoms with E-state index in [1.54, 1.807) is 6.07 Å². The van der Waals surface area contributed by atoms with Crippen molar-refractivity contribution in [2.45, 2.75) is 6.54 Å². The third kappa shape index (κ3) is 3.36. The summed E-state index contributed by atoms with van der Waals surface area (Å²) in [5.74, 6) is 0.839. The highest BCUT2D eigenvalue weighted by molar-refractivity contribution is 5.84. The first-order valence-corrected chi connectivity index (χ1v) is 7.06. The lowest BCUT2D eigenvalue weighted by atomic mass is 10.1. The van der Waals surface area contributed by atoms with Crippen LogP contribution in [0.2, 0.25) is 0 Å². The molecule has 0 radical (unpaired) electrons. The van der Waals surface area contributed by atoms with Gasteiger partial charge >= 0.3 is 0 Å². The molecule has 3 N–H and O–H groups in total. The molecule has 0 aliphatic carbocycles. The second kappa shape index (κ2) is 7.02. The van der Waals surface area contributed by atoms with Gasteiger partial charge in [-0.25, -0.2) is 4.98 Å². The van der Waals surface area contributed by atoms with Crippen LogP contribution in [0.1, 0.15) is 16.7 Å². The predicted molar refractivity (Wildman–Crippen MR) is 88.2 cm³/mol. The average Bonchev–Trinajstić information content (AvgIpc) is 3.13. The summed E-state index contributed by atoms with van der Waals surface area (Å²) >= 11 is 0. The topological polar surface area (TPSA) is 124 Å². The van der Waals surface area contributed by atoms with Crippen LogP contribution in [-0.2, 0) is 6.54 Å². The van der Waals surface area contributed by atoms with Crippen LogP contribution < -0.4 is 10.6 Å². The Balaban J connectivity index is 1.81. The molecule has 2 aromatic heterocycles. The molecule has 24 heavy (non-hydrogen) atoms. The van der Waals surface area contributed by atoms with Gasteiger partial charge in [-0.3, -0.25) is 0 Å². The minimum Gasteiger partial charge on any atom is -0.365 e. The zero-order valence-electron chi connectivity index (χ0n) is 12.5. The highest BCUT2D eigenvalue weighted by Gasteiger charge is 2.08. The smallest absolute Gasteiger partial charge is 0.229 e. The molecule has 8 heteroatoms. The van der Waals surface area contributed by atoms with Gasteiger partial charge in [0.1, 0.15) is 17.8 Å². The van der Waals surface area contributed by atoms with Crippen molar-refractivity contribution in [1.29, 1.82) is 10.7 Å². The molecular formula is C16H13N7O. The van der Waals surface area contributed by atoms with E-state index in [4.69, 9.17) is 15.2 Å². The molecule has 3 aromatic rings. The van der Waals surface area contributed by atoms with Crippen molar-refractivity contribution in [3.63, 3.8) is 0 Å². The summed E-state index contributed by atoms with van der Waals surface area (Å²) in [6.07, 6.45) is 5.64. The Labute approximate surface area is 137 Å². The van der Waals surface area contributed by atoms with Crippen molar-refractivity contribution in [3.8, 4) is 6.07 Å². The number of rotatable bonds is 6. The van der Waals surface area contributed by atoms with Gasteiger partial charge < -0.3 is 20.6 Å². The molecule has 0 aliphatic heterocycles. The molecule has 0 spiro atoms. The predicted octanol–water partition coefficient (Wildman–Crippen LogP) is 2.69. The standard InChI is InChI=1S/C16H13N7O/c17-5-11-3-1-2-4-12(11)7-19-15-13(6-18)8-20-16(23-15)22-14-9-21-24-10-14/h1-4,6,8-10,18H,7H2,(H2,19,20,22,23). The maximum atomic E-state index is 9.14. The molecule has 0 saturated heterocycles. The highest BCUT2D eigenvalue weighted by Crippen LogP contribution is 2.17. The number of benzene rings is 1. The van der Waals surface area contributed by atoms with Gasteiger partial charge in [0.25, 0.3) is 0 Å². The number of nitriles is 1. The molecule has 0 bridgehead atoms. The fraction of sp³-hybridized carbons (Fsp3) is 0.0625. The first-order chi connectivity index (χ1) is 11.8. The van der Waals surface area contributed by atoms with Gasteiger partial charge in [-0.2, -0.15) is 10.2 Å². The number of aromatic nitrogens is 3. The van der Waals surface area contributed by atoms with Crippen molar-refractivity contribution in [2.24, 2.45) is 0 Å². The van der Waals surface area contributed by atoms with E-state index >= 15 is 0 Å². The molecule has 2 heterocycles. The van der Waals surface area contributed by atoms with E-state index in [9.17, 15) is 0 Å². The monoisotopic (exact) mass is 319 g/mol. The van der Waals surface area contributed by atoms with Crippen molar-refractivity contribution >= 4 is 23.7 Å². The van der Waals surface area contributed by atoms with Gasteiger partial charge in [-0.1, -0.05) is 23.4 Å². The molecule has 0 atom stereocenters. The summed E-state index contributed by atoms with van der Waals surface area (Å²) in [7, 11) is 0. The molecule has 0 fully saturated rings. The molecule has 0 aliphatic rings. The van der Waals surface area contributed by atoms with Crippen LogP contribution in [0.3, 0.4) is 0 Å². The normalized spacial score (nSPS) is 9.96. The van der Waals surface area contributed by atoms with Crippen LogP contribution in [0.15, 0.2) is 47.4 Å². The summed E-state index contributed by atoms with van der Waals surface area (Å²) in [6, 6.07) is 9.47. The van der Waals surface area contributed by atoms with Crippen LogP contribution in [0, 0.1) is 16.7 Å². The van der Waals surface area contributed by atoms with E-state index in [0.29, 0.717) is 35.1 Å². The van der Waals surface area contributed by atoms with Crippen molar-refractivity contribution in [1.82, 2.24) is 15.1 Å². The Kier molecular flexibility index (Phi) is 4.44. The van der Waals surface area contributed by atoms with E-state index in [1.165, 1.54) is 24.9 Å². The largest absolute Gasteiger partial charge is 0.365 e. The van der Waals surface area contributed by atoms with Crippen LogP contribution in [0.25, 0.3) is 0 Å². The van der Waals surface area contributed by atoms with Crippen LogP contribution in [0.5, 0.6) is 0 Å². The van der Waals surface area contributed by atoms with Crippen LogP contribution >= 0.6 is 0 Å². The summed E-state index contributed by atoms with van der Waals surface area (Å²) < 4.78 is 4.74. The van der Waals surface area contributed by atoms with Gasteiger partial charge in [0.05, 0.1) is 23.4 Å². The average molecular weight is 319 g/mol. The van der Waals surface area contributed by atoms with Crippen molar-refractivity contribution in [2.75, 3.05) is 10.6 Å². The third-order valence-electron chi connectivity index (χ3n) is 3.25. The van der Waals surface area contributed by atoms with Gasteiger partial charge in [0.2, 0.25) is 5.95 Å². The maximum absolute atomic E-state index is 9.14. The fourth-order valence-corrected chi connectivity index (χ4v) is 2.06. The molecule has 3 rings (SSSR count). The zero-order valence-corrected chi connectivity index (χ0v) is 12.5. The van der Waals surface area contributed by atoms with E-state index in [-0.39, 0.29) is 0 Å². The van der Waals surface area contributed by atoms with Gasteiger partial charge in [-0.15, -0.1) is 0 Å². The van der Waals surface area contributed by atoms with E-state index < -0.39 is 0 Å². The number of anilines is 3. The Morgan fingerprint density at radius 2 is 2.17 bits per heavy atom. The minimum absolute atomic E-state index is 0.347. The second-order valence-electron chi connectivity index (χ2n) is 4.80.